The van der Waals surface area contributed by atoms with Crippen molar-refractivity contribution in [2.75, 3.05) is 32.1 Å². The fourth-order valence-corrected chi connectivity index (χ4v) is 4.28. The molecule has 3 heterocycles. The van der Waals surface area contributed by atoms with E-state index < -0.39 is 0 Å². The Balaban J connectivity index is 1.56. The second kappa shape index (κ2) is 6.67. The van der Waals surface area contributed by atoms with E-state index in [1.165, 1.54) is 5.56 Å². The average molecular weight is 351 g/mol. The normalized spacial score (nSPS) is 21.7. The number of hydrogen-bond donors (Lipinski definition) is 0. The van der Waals surface area contributed by atoms with Crippen LogP contribution in [0, 0.1) is 0 Å². The molecule has 1 saturated heterocycles. The van der Waals surface area contributed by atoms with Crippen molar-refractivity contribution in [2.45, 2.75) is 37.5 Å². The third-order valence-electron chi connectivity index (χ3n) is 5.63. The Morgan fingerprint density at radius 2 is 2.19 bits per heavy atom. The van der Waals surface area contributed by atoms with E-state index in [-0.39, 0.29) is 11.3 Å². The van der Waals surface area contributed by atoms with Crippen molar-refractivity contribution < 1.29 is 4.79 Å². The number of pyridine rings is 1. The van der Waals surface area contributed by atoms with Crippen LogP contribution in [-0.4, -0.2) is 52.9 Å². The van der Waals surface area contributed by atoms with Gasteiger partial charge in [0.25, 0.3) is 0 Å². The number of piperidine rings is 1. The molecule has 1 aliphatic carbocycles. The van der Waals surface area contributed by atoms with Crippen LogP contribution in [0.15, 0.2) is 30.7 Å². The third-order valence-corrected chi connectivity index (χ3v) is 5.63. The molecule has 0 aromatic carbocycles. The molecule has 2 aromatic heterocycles. The Labute approximate surface area is 154 Å². The highest BCUT2D eigenvalue weighted by atomic mass is 16.2. The Morgan fingerprint density at radius 3 is 2.96 bits per heavy atom. The van der Waals surface area contributed by atoms with Gasteiger partial charge in [0, 0.05) is 51.2 Å². The van der Waals surface area contributed by atoms with Crippen molar-refractivity contribution >= 4 is 11.9 Å². The highest BCUT2D eigenvalue weighted by Gasteiger charge is 2.44. The van der Waals surface area contributed by atoms with Crippen LogP contribution < -0.4 is 4.90 Å². The molecule has 26 heavy (non-hydrogen) atoms. The maximum atomic E-state index is 12.9. The molecule has 2 aliphatic rings. The number of fused-ring (bicyclic) bond motifs is 2. The molecule has 1 spiro atoms. The van der Waals surface area contributed by atoms with Crippen LogP contribution in [0.3, 0.4) is 0 Å². The van der Waals surface area contributed by atoms with Crippen LogP contribution in [0.25, 0.3) is 0 Å². The van der Waals surface area contributed by atoms with Gasteiger partial charge in [-0.15, -0.1) is 0 Å². The summed E-state index contributed by atoms with van der Waals surface area (Å²) >= 11 is 0. The lowest BCUT2D eigenvalue weighted by Gasteiger charge is -2.40. The SMILES string of the molecule is CN(C)c1ncc2c(n1)C1(CCCN(C(=O)Cc3cccnc3)C1)CC2. The second-order valence-corrected chi connectivity index (χ2v) is 7.68. The maximum Gasteiger partial charge on any atom is 0.227 e. The molecule has 1 amide bonds. The molecule has 0 N–H and O–H groups in total. The second-order valence-electron chi connectivity index (χ2n) is 7.68. The monoisotopic (exact) mass is 351 g/mol. The van der Waals surface area contributed by atoms with Crippen LogP contribution in [0.5, 0.6) is 0 Å². The lowest BCUT2D eigenvalue weighted by atomic mass is 9.77. The number of anilines is 1. The molecule has 2 aromatic rings. The van der Waals surface area contributed by atoms with Gasteiger partial charge < -0.3 is 9.80 Å². The third kappa shape index (κ3) is 3.04. The molecule has 1 atom stereocenters. The maximum absolute atomic E-state index is 12.9. The molecular formula is C20H25N5O. The number of aryl methyl sites for hydroxylation is 1. The van der Waals surface area contributed by atoms with Gasteiger partial charge in [-0.3, -0.25) is 9.78 Å². The molecule has 1 fully saturated rings. The van der Waals surface area contributed by atoms with Gasteiger partial charge in [-0.1, -0.05) is 6.07 Å². The van der Waals surface area contributed by atoms with Gasteiger partial charge in [0.15, 0.2) is 0 Å². The fourth-order valence-electron chi connectivity index (χ4n) is 4.28. The number of likely N-dealkylation sites (tertiary alicyclic amines) is 1. The first-order chi connectivity index (χ1) is 12.6. The number of amides is 1. The summed E-state index contributed by atoms with van der Waals surface area (Å²) in [7, 11) is 3.93. The number of carbonyl (C=O) groups is 1. The molecule has 0 radical (unpaired) electrons. The summed E-state index contributed by atoms with van der Waals surface area (Å²) in [6, 6.07) is 3.85. The summed E-state index contributed by atoms with van der Waals surface area (Å²) in [5.41, 5.74) is 3.37. The lowest BCUT2D eigenvalue weighted by Crippen LogP contribution is -2.48. The Hall–Kier alpha value is -2.50. The number of carbonyl (C=O) groups excluding carboxylic acids is 1. The van der Waals surface area contributed by atoms with E-state index in [2.05, 4.69) is 9.97 Å². The topological polar surface area (TPSA) is 62.2 Å². The molecule has 0 saturated carbocycles. The molecule has 136 valence electrons. The van der Waals surface area contributed by atoms with Crippen LogP contribution in [0.1, 0.15) is 36.1 Å². The largest absolute Gasteiger partial charge is 0.347 e. The standard InChI is InChI=1S/C20H25N5O/c1-24(2)19-22-13-16-6-8-20(18(16)23-19)7-4-10-25(14-20)17(26)11-15-5-3-9-21-12-15/h3,5,9,12-13H,4,6-8,10-11,14H2,1-2H3. The molecule has 6 nitrogen and oxygen atoms in total. The van der Waals surface area contributed by atoms with E-state index in [0.717, 1.165) is 56.0 Å². The molecular weight excluding hydrogens is 326 g/mol. The van der Waals surface area contributed by atoms with Crippen molar-refractivity contribution in [3.05, 3.63) is 47.5 Å². The van der Waals surface area contributed by atoms with E-state index in [9.17, 15) is 4.79 Å². The lowest BCUT2D eigenvalue weighted by molar-refractivity contribution is -0.132. The van der Waals surface area contributed by atoms with Gasteiger partial charge in [0.05, 0.1) is 12.1 Å². The number of rotatable bonds is 3. The van der Waals surface area contributed by atoms with Crippen molar-refractivity contribution in [3.8, 4) is 0 Å². The Kier molecular flexibility index (Phi) is 4.34. The van der Waals surface area contributed by atoms with E-state index in [0.29, 0.717) is 6.42 Å². The minimum atomic E-state index is -0.00805. The summed E-state index contributed by atoms with van der Waals surface area (Å²) in [4.78, 5) is 30.3. The van der Waals surface area contributed by atoms with Crippen molar-refractivity contribution in [3.63, 3.8) is 0 Å². The number of nitrogens with zero attached hydrogens (tertiary/aromatic N) is 5. The molecule has 1 unspecified atom stereocenters. The summed E-state index contributed by atoms with van der Waals surface area (Å²) in [5, 5.41) is 0. The highest BCUT2D eigenvalue weighted by Crippen LogP contribution is 2.44. The van der Waals surface area contributed by atoms with Gasteiger partial charge >= 0.3 is 0 Å². The zero-order valence-electron chi connectivity index (χ0n) is 15.5. The summed E-state index contributed by atoms with van der Waals surface area (Å²) in [6.07, 6.45) is 10.1. The van der Waals surface area contributed by atoms with E-state index in [1.54, 1.807) is 12.4 Å². The van der Waals surface area contributed by atoms with Crippen LogP contribution in [0.2, 0.25) is 0 Å². The van der Waals surface area contributed by atoms with Crippen LogP contribution in [0.4, 0.5) is 5.95 Å². The van der Waals surface area contributed by atoms with Gasteiger partial charge in [0.2, 0.25) is 11.9 Å². The first-order valence-electron chi connectivity index (χ1n) is 9.28. The van der Waals surface area contributed by atoms with Crippen LogP contribution >= 0.6 is 0 Å². The number of hydrogen-bond acceptors (Lipinski definition) is 5. The van der Waals surface area contributed by atoms with E-state index in [1.807, 2.05) is 42.2 Å². The summed E-state index contributed by atoms with van der Waals surface area (Å²) in [5.74, 6) is 0.941. The highest BCUT2D eigenvalue weighted by molar-refractivity contribution is 5.79. The van der Waals surface area contributed by atoms with Crippen LogP contribution in [-0.2, 0) is 23.1 Å². The first-order valence-corrected chi connectivity index (χ1v) is 9.28. The molecule has 6 heteroatoms. The predicted molar refractivity (Wildman–Crippen MR) is 100 cm³/mol. The van der Waals surface area contributed by atoms with Crippen molar-refractivity contribution in [2.24, 2.45) is 0 Å². The summed E-state index contributed by atoms with van der Waals surface area (Å²) in [6.45, 7) is 1.60. The zero-order valence-corrected chi connectivity index (χ0v) is 15.5. The first kappa shape index (κ1) is 16.9. The average Bonchev–Trinajstić information content (AvgIpc) is 3.00. The van der Waals surface area contributed by atoms with E-state index >= 15 is 0 Å². The van der Waals surface area contributed by atoms with Gasteiger partial charge in [-0.25, -0.2) is 9.97 Å². The van der Waals surface area contributed by atoms with Crippen molar-refractivity contribution in [1.82, 2.24) is 19.9 Å². The molecule has 4 rings (SSSR count). The number of aromatic nitrogens is 3. The van der Waals surface area contributed by atoms with Gasteiger partial charge in [0.1, 0.15) is 0 Å². The summed E-state index contributed by atoms with van der Waals surface area (Å²) < 4.78 is 0. The van der Waals surface area contributed by atoms with E-state index in [4.69, 9.17) is 4.98 Å². The Morgan fingerprint density at radius 1 is 1.31 bits per heavy atom. The fraction of sp³-hybridized carbons (Fsp3) is 0.500. The molecule has 0 bridgehead atoms. The minimum absolute atomic E-state index is 0.00805. The van der Waals surface area contributed by atoms with Gasteiger partial charge in [-0.2, -0.15) is 0 Å². The predicted octanol–water partition coefficient (Wildman–Crippen LogP) is 1.99. The molecule has 1 aliphatic heterocycles. The smallest absolute Gasteiger partial charge is 0.227 e. The van der Waals surface area contributed by atoms with Gasteiger partial charge in [-0.05, 0) is 42.9 Å². The quantitative estimate of drug-likeness (QED) is 0.846. The Bertz CT molecular complexity index is 803. The zero-order chi connectivity index (χ0) is 18.1. The minimum Gasteiger partial charge on any atom is -0.347 e. The van der Waals surface area contributed by atoms with Crippen molar-refractivity contribution in [1.29, 1.82) is 0 Å².